The van der Waals surface area contributed by atoms with Crippen LogP contribution in [0.25, 0.3) is 0 Å². The van der Waals surface area contributed by atoms with Gasteiger partial charge >= 0.3 is 12.2 Å². The van der Waals surface area contributed by atoms with Gasteiger partial charge in [0.25, 0.3) is 0 Å². The van der Waals surface area contributed by atoms with Crippen molar-refractivity contribution in [2.24, 2.45) is 42.9 Å². The summed E-state index contributed by atoms with van der Waals surface area (Å²) < 4.78 is 10.4. The van der Waals surface area contributed by atoms with Gasteiger partial charge in [-0.1, -0.05) is 22.3 Å². The van der Waals surface area contributed by atoms with Crippen molar-refractivity contribution in [2.45, 2.75) is 82.5 Å². The molecule has 2 saturated heterocycles. The number of nitrogens with two attached hydrogens (primary N) is 4. The zero-order chi connectivity index (χ0) is 33.1. The highest BCUT2D eigenvalue weighted by Gasteiger charge is 2.69. The number of amides is 2. The molecule has 6 aliphatic rings. The van der Waals surface area contributed by atoms with E-state index in [-0.39, 0.29) is 65.8 Å². The second-order valence-corrected chi connectivity index (χ2v) is 12.0. The number of aliphatic hydroxyl groups is 3. The number of hydrogen-bond donors (Lipinski definition) is 9. The van der Waals surface area contributed by atoms with Crippen molar-refractivity contribution >= 4 is 36.0 Å². The molecule has 0 aromatic carbocycles. The topological polar surface area (TPSA) is 304 Å². The highest BCUT2D eigenvalue weighted by atomic mass is 16.6. The van der Waals surface area contributed by atoms with E-state index in [4.69, 9.17) is 32.4 Å². The minimum absolute atomic E-state index is 0. The molecule has 6 rings (SSSR count). The largest absolute Gasteiger partial charge is 0.447 e. The Bertz CT molecular complexity index is 1340. The molecule has 2 spiro atoms. The maximum absolute atomic E-state index is 11.6. The molecule has 13 N–H and O–H groups in total. The number of guanidine groups is 4. The summed E-state index contributed by atoms with van der Waals surface area (Å²) in [6, 6.07) is -2.39. The summed E-state index contributed by atoms with van der Waals surface area (Å²) in [7, 11) is 6.30. The fourth-order valence-corrected chi connectivity index (χ4v) is 6.65. The van der Waals surface area contributed by atoms with E-state index in [0.717, 1.165) is 0 Å². The van der Waals surface area contributed by atoms with Crippen LogP contribution in [0.5, 0.6) is 0 Å². The van der Waals surface area contributed by atoms with Gasteiger partial charge in [0.1, 0.15) is 37.4 Å². The van der Waals surface area contributed by atoms with Crippen LogP contribution < -0.4 is 33.6 Å². The van der Waals surface area contributed by atoms with Crippen molar-refractivity contribution in [2.75, 3.05) is 54.5 Å². The molecule has 0 aromatic heterocycles. The lowest BCUT2D eigenvalue weighted by molar-refractivity contribution is -0.221. The summed E-state index contributed by atoms with van der Waals surface area (Å²) in [4.78, 5) is 46.4. The number of nitrogens with one attached hydrogen (secondary N) is 2. The van der Waals surface area contributed by atoms with Crippen molar-refractivity contribution in [1.29, 1.82) is 0 Å². The number of aliphatic hydroxyl groups excluding tert-OH is 1. The van der Waals surface area contributed by atoms with Crippen LogP contribution in [-0.2, 0) is 9.47 Å². The summed E-state index contributed by atoms with van der Waals surface area (Å²) in [6.45, 7) is 0.765. The van der Waals surface area contributed by atoms with Gasteiger partial charge in [-0.15, -0.1) is 0 Å². The maximum Gasteiger partial charge on any atom is 0.409 e. The highest BCUT2D eigenvalue weighted by molar-refractivity contribution is 5.88. The molecular formula is C27H54N14O7. The quantitative estimate of drug-likeness (QED) is 0.128. The molecule has 0 bridgehead atoms. The van der Waals surface area contributed by atoms with Gasteiger partial charge in [-0.05, 0) is 6.42 Å². The maximum atomic E-state index is 11.6. The van der Waals surface area contributed by atoms with Gasteiger partial charge in [0, 0.05) is 47.7 Å². The molecule has 0 radical (unpaired) electrons. The second kappa shape index (κ2) is 13.9. The summed E-state index contributed by atoms with van der Waals surface area (Å²) in [5.41, 5.74) is 21.3. The van der Waals surface area contributed by atoms with Crippen LogP contribution in [0.15, 0.2) is 20.0 Å². The summed E-state index contributed by atoms with van der Waals surface area (Å²) in [5.74, 6) is -1.41. The molecule has 6 heterocycles. The number of carbonyl (C=O) groups excluding carboxylic acids is 2. The lowest BCUT2D eigenvalue weighted by Gasteiger charge is -2.48. The third-order valence-corrected chi connectivity index (χ3v) is 8.75. The van der Waals surface area contributed by atoms with Crippen LogP contribution in [0.1, 0.15) is 35.1 Å². The van der Waals surface area contributed by atoms with Gasteiger partial charge in [-0.25, -0.2) is 29.6 Å². The van der Waals surface area contributed by atoms with E-state index < -0.39 is 59.6 Å². The van der Waals surface area contributed by atoms with Crippen LogP contribution in [-0.4, -0.2) is 173 Å². The van der Waals surface area contributed by atoms with E-state index in [1.165, 1.54) is 9.80 Å². The van der Waals surface area contributed by atoms with E-state index in [9.17, 15) is 24.9 Å². The first kappa shape index (κ1) is 39.7. The Hall–Kier alpha value is -4.50. The normalized spacial score (nSPS) is 32.8. The number of nitrogens with zero attached hydrogens (tertiary/aromatic N) is 8. The van der Waals surface area contributed by atoms with E-state index in [1.807, 2.05) is 0 Å². The third-order valence-electron chi connectivity index (χ3n) is 8.75. The molecule has 0 aromatic rings. The van der Waals surface area contributed by atoms with Crippen molar-refractivity contribution in [3.63, 3.8) is 0 Å². The van der Waals surface area contributed by atoms with Crippen molar-refractivity contribution in [3.05, 3.63) is 0 Å². The first-order valence-corrected chi connectivity index (χ1v) is 14.3. The zero-order valence-electron chi connectivity index (χ0n) is 25.5. The molecule has 0 unspecified atom stereocenters. The third kappa shape index (κ3) is 6.12. The van der Waals surface area contributed by atoms with Crippen molar-refractivity contribution in [1.82, 2.24) is 30.2 Å². The molecule has 0 aliphatic carbocycles. The molecule has 2 amide bonds. The van der Waals surface area contributed by atoms with Crippen LogP contribution in [0.3, 0.4) is 0 Å². The van der Waals surface area contributed by atoms with E-state index in [2.05, 4.69) is 30.6 Å². The predicted molar refractivity (Wildman–Crippen MR) is 179 cm³/mol. The molecule has 7 atom stereocenters. The lowest BCUT2D eigenvalue weighted by Crippen LogP contribution is -2.76. The fourth-order valence-electron chi connectivity index (χ4n) is 6.65. The van der Waals surface area contributed by atoms with E-state index in [0.29, 0.717) is 19.5 Å². The Morgan fingerprint density at radius 3 is 1.83 bits per heavy atom. The average molecular weight is 687 g/mol. The fraction of sp³-hybridized carbons (Fsp3) is 0.778. The minimum atomic E-state index is -2.10. The van der Waals surface area contributed by atoms with E-state index in [1.54, 1.807) is 38.0 Å². The van der Waals surface area contributed by atoms with Crippen molar-refractivity contribution < 1.29 is 34.4 Å². The Labute approximate surface area is 280 Å². The minimum Gasteiger partial charge on any atom is -0.447 e. The Morgan fingerprint density at radius 1 is 0.812 bits per heavy atom. The van der Waals surface area contributed by atoms with Crippen LogP contribution in [0.2, 0.25) is 0 Å². The first-order valence-electron chi connectivity index (χ1n) is 14.3. The smallest absolute Gasteiger partial charge is 0.409 e. The molecule has 0 saturated carbocycles. The molecule has 2 fully saturated rings. The van der Waals surface area contributed by atoms with Gasteiger partial charge in [0.05, 0.1) is 6.10 Å². The van der Waals surface area contributed by atoms with Gasteiger partial charge in [0.2, 0.25) is 5.79 Å². The molecule has 21 heteroatoms. The lowest BCUT2D eigenvalue weighted by atomic mass is 9.87. The Balaban J connectivity index is 0.000000314. The first-order chi connectivity index (χ1) is 21.0. The summed E-state index contributed by atoms with van der Waals surface area (Å²) >= 11 is 0. The van der Waals surface area contributed by atoms with E-state index >= 15 is 0 Å². The van der Waals surface area contributed by atoms with Crippen LogP contribution in [0, 0.1) is 0 Å². The molecular weight excluding hydrogens is 632 g/mol. The second-order valence-electron chi connectivity index (χ2n) is 12.0. The zero-order valence-corrected chi connectivity index (χ0v) is 25.5. The highest BCUT2D eigenvalue weighted by Crippen LogP contribution is 2.44. The SMILES string of the molecule is C.C.C.CN(C)C(=O)OC[C@@H]1N=C(N)N2CCC(O)(O)[C@@]23NC(N)=N[C@@H]13.CN(C)C(=O)OC[C@@H]1N=C(N)N2CC[C@H](O)[C@@]23NC(N)=N[C@@H]13. The molecule has 48 heavy (non-hydrogen) atoms. The predicted octanol–water partition coefficient (Wildman–Crippen LogP) is -3.91. The van der Waals surface area contributed by atoms with Gasteiger partial charge in [-0.2, -0.15) is 0 Å². The summed E-state index contributed by atoms with van der Waals surface area (Å²) in [5, 5.41) is 37.3. The number of aliphatic imine (C=N–C) groups is 4. The molecule has 21 nitrogen and oxygen atoms in total. The summed E-state index contributed by atoms with van der Waals surface area (Å²) in [6.07, 6.45) is -1.11. The van der Waals surface area contributed by atoms with Gasteiger partial charge < -0.3 is 78.0 Å². The standard InChI is InChI=1S/C12H21N7O4.C12H21N7O3.3CH4/c1-18(2)10(20)23-5-6-7-12(17-8(13)16-7)11(21,22)3-4-19(12)9(14)15-6;1-18(2)11(21)22-5-6-8-12(17-9(13)16-8)7(20)3-4-19(12)10(14)15-6;;;/h6-7,21-22H,3-5H2,1-2H3,(H2,14,15)(H3,13,16,17);6-8,20H,3-5H2,1-2H3,(H2,14,15)(H3,13,16,17);3*1H4/t6-,7-,12-;6-,7-,8-,12+;;;/m00.../s1. The average Bonchev–Trinajstić information content (AvgIpc) is 3.68. The Kier molecular flexibility index (Phi) is 11.5. The number of hydrogen-bond acceptors (Lipinski definition) is 19. The molecule has 274 valence electrons. The van der Waals surface area contributed by atoms with Gasteiger partial charge in [0.15, 0.2) is 35.2 Å². The monoisotopic (exact) mass is 686 g/mol. The Morgan fingerprint density at radius 2 is 1.29 bits per heavy atom. The van der Waals surface area contributed by atoms with Crippen LogP contribution >= 0.6 is 0 Å². The number of ether oxygens (including phenoxy) is 2. The number of rotatable bonds is 4. The van der Waals surface area contributed by atoms with Gasteiger partial charge in [-0.3, -0.25) is 0 Å². The molecule has 6 aliphatic heterocycles. The van der Waals surface area contributed by atoms with Crippen LogP contribution in [0.4, 0.5) is 9.59 Å². The number of carbonyl (C=O) groups is 2. The van der Waals surface area contributed by atoms with Crippen molar-refractivity contribution in [3.8, 4) is 0 Å².